The Morgan fingerprint density at radius 1 is 1.62 bits per heavy atom. The summed E-state index contributed by atoms with van der Waals surface area (Å²) in [5.74, 6) is 0.142. The molecule has 1 N–H and O–H groups in total. The van der Waals surface area contributed by atoms with Crippen molar-refractivity contribution in [2.45, 2.75) is 32.3 Å². The van der Waals surface area contributed by atoms with Crippen LogP contribution in [0, 0.1) is 5.41 Å². The van der Waals surface area contributed by atoms with Gasteiger partial charge in [-0.05, 0) is 37.8 Å². The van der Waals surface area contributed by atoms with Gasteiger partial charge in [0.2, 0.25) is 0 Å². The largest absolute Gasteiger partial charge is 0.389 e. The summed E-state index contributed by atoms with van der Waals surface area (Å²) in [6.45, 7) is 1.94. The fourth-order valence-corrected chi connectivity index (χ4v) is 2.30. The van der Waals surface area contributed by atoms with Gasteiger partial charge in [0, 0.05) is 0 Å². The van der Waals surface area contributed by atoms with Crippen LogP contribution >= 0.6 is 0 Å². The van der Waals surface area contributed by atoms with E-state index in [1.54, 1.807) is 12.2 Å². The van der Waals surface area contributed by atoms with Crippen LogP contribution in [0.3, 0.4) is 0 Å². The van der Waals surface area contributed by atoms with Crippen LogP contribution in [-0.4, -0.2) is 17.0 Å². The molecule has 2 heteroatoms. The molecule has 2 rings (SSSR count). The number of allylic oxidation sites excluding steroid dienone is 3. The minimum Gasteiger partial charge on any atom is -0.389 e. The summed E-state index contributed by atoms with van der Waals surface area (Å²) < 4.78 is 0. The molecule has 0 saturated heterocycles. The predicted octanol–water partition coefficient (Wildman–Crippen LogP) is 1.60. The number of fused-ring (bicyclic) bond motifs is 1. The van der Waals surface area contributed by atoms with Crippen molar-refractivity contribution >= 4 is 5.78 Å². The van der Waals surface area contributed by atoms with Gasteiger partial charge in [0.25, 0.3) is 0 Å². The maximum Gasteiger partial charge on any atom is 0.165 e. The Morgan fingerprint density at radius 3 is 3.08 bits per heavy atom. The molecule has 0 spiro atoms. The number of aliphatic hydroxyl groups excluding tert-OH is 1. The molecule has 1 saturated carbocycles. The standard InChI is InChI=1S/C11H14O2/c1-11-7-3-5-9(12)8(11)4-2-6-10(11)13/h2,4,6,9,12H,3,5,7H2,1H3. The molecule has 13 heavy (non-hydrogen) atoms. The van der Waals surface area contributed by atoms with Gasteiger partial charge >= 0.3 is 0 Å². The Bertz CT molecular complexity index is 301. The molecule has 2 aliphatic carbocycles. The zero-order valence-electron chi connectivity index (χ0n) is 7.79. The normalized spacial score (nSPS) is 38.5. The summed E-state index contributed by atoms with van der Waals surface area (Å²) in [6.07, 6.45) is 7.45. The van der Waals surface area contributed by atoms with E-state index in [1.807, 2.05) is 13.0 Å². The fourth-order valence-electron chi connectivity index (χ4n) is 2.30. The highest BCUT2D eigenvalue weighted by atomic mass is 16.3. The van der Waals surface area contributed by atoms with Crippen LogP contribution in [0.25, 0.3) is 0 Å². The summed E-state index contributed by atoms with van der Waals surface area (Å²) in [7, 11) is 0. The summed E-state index contributed by atoms with van der Waals surface area (Å²) >= 11 is 0. The van der Waals surface area contributed by atoms with Crippen molar-refractivity contribution in [1.82, 2.24) is 0 Å². The number of hydrogen-bond donors (Lipinski definition) is 1. The van der Waals surface area contributed by atoms with E-state index in [0.29, 0.717) is 0 Å². The molecule has 2 atom stereocenters. The summed E-state index contributed by atoms with van der Waals surface area (Å²) in [5, 5.41) is 9.73. The highest BCUT2D eigenvalue weighted by Gasteiger charge is 2.41. The number of rotatable bonds is 0. The predicted molar refractivity (Wildman–Crippen MR) is 50.2 cm³/mol. The number of hydrogen-bond acceptors (Lipinski definition) is 2. The lowest BCUT2D eigenvalue weighted by atomic mass is 9.66. The number of aliphatic hydroxyl groups is 1. The van der Waals surface area contributed by atoms with Crippen LogP contribution in [-0.2, 0) is 4.79 Å². The van der Waals surface area contributed by atoms with E-state index < -0.39 is 11.5 Å². The van der Waals surface area contributed by atoms with Crippen LogP contribution < -0.4 is 0 Å². The van der Waals surface area contributed by atoms with E-state index >= 15 is 0 Å². The molecule has 0 aromatic heterocycles. The Kier molecular flexibility index (Phi) is 1.88. The lowest BCUT2D eigenvalue weighted by Gasteiger charge is -2.38. The first-order valence-corrected chi connectivity index (χ1v) is 4.76. The second-order valence-electron chi connectivity index (χ2n) is 4.09. The van der Waals surface area contributed by atoms with Gasteiger partial charge < -0.3 is 5.11 Å². The van der Waals surface area contributed by atoms with Crippen molar-refractivity contribution in [3.8, 4) is 0 Å². The van der Waals surface area contributed by atoms with Crippen molar-refractivity contribution in [3.63, 3.8) is 0 Å². The average Bonchev–Trinajstić information content (AvgIpc) is 2.08. The zero-order valence-corrected chi connectivity index (χ0v) is 7.79. The van der Waals surface area contributed by atoms with Crippen molar-refractivity contribution in [3.05, 3.63) is 23.8 Å². The van der Waals surface area contributed by atoms with E-state index in [1.165, 1.54) is 0 Å². The Labute approximate surface area is 78.0 Å². The summed E-state index contributed by atoms with van der Waals surface area (Å²) in [4.78, 5) is 11.7. The number of carbonyl (C=O) groups excluding carboxylic acids is 1. The second-order valence-corrected chi connectivity index (χ2v) is 4.09. The number of carbonyl (C=O) groups is 1. The Hall–Kier alpha value is -0.890. The zero-order chi connectivity index (χ0) is 9.47. The molecule has 0 bridgehead atoms. The van der Waals surface area contributed by atoms with Gasteiger partial charge in [-0.1, -0.05) is 12.2 Å². The second kappa shape index (κ2) is 2.81. The highest BCUT2D eigenvalue weighted by Crippen LogP contribution is 2.43. The van der Waals surface area contributed by atoms with Crippen molar-refractivity contribution in [2.75, 3.05) is 0 Å². The van der Waals surface area contributed by atoms with Crippen LogP contribution in [0.1, 0.15) is 26.2 Å². The minimum atomic E-state index is -0.410. The summed E-state index contributed by atoms with van der Waals surface area (Å²) in [6, 6.07) is 0. The molecular weight excluding hydrogens is 164 g/mol. The molecule has 2 aliphatic rings. The fraction of sp³-hybridized carbons (Fsp3) is 0.545. The maximum absolute atomic E-state index is 11.7. The topological polar surface area (TPSA) is 37.3 Å². The molecule has 70 valence electrons. The first kappa shape index (κ1) is 8.70. The lowest BCUT2D eigenvalue weighted by Crippen LogP contribution is -2.39. The third-order valence-electron chi connectivity index (χ3n) is 3.22. The van der Waals surface area contributed by atoms with Crippen LogP contribution in [0.4, 0.5) is 0 Å². The van der Waals surface area contributed by atoms with Gasteiger partial charge in [-0.15, -0.1) is 0 Å². The SMILES string of the molecule is CC12CCCC(O)C1=CC=CC2=O. The van der Waals surface area contributed by atoms with E-state index in [-0.39, 0.29) is 5.78 Å². The van der Waals surface area contributed by atoms with Gasteiger partial charge in [-0.25, -0.2) is 0 Å². The van der Waals surface area contributed by atoms with Gasteiger partial charge in [-0.2, -0.15) is 0 Å². The monoisotopic (exact) mass is 178 g/mol. The van der Waals surface area contributed by atoms with Crippen molar-refractivity contribution in [2.24, 2.45) is 5.41 Å². The molecule has 0 aromatic rings. The Morgan fingerprint density at radius 2 is 2.38 bits per heavy atom. The minimum absolute atomic E-state index is 0.142. The van der Waals surface area contributed by atoms with E-state index in [0.717, 1.165) is 24.8 Å². The Balaban J connectivity index is 2.42. The quantitative estimate of drug-likeness (QED) is 0.611. The molecule has 0 aromatic carbocycles. The molecule has 1 fully saturated rings. The van der Waals surface area contributed by atoms with E-state index in [2.05, 4.69) is 0 Å². The number of ketones is 1. The first-order chi connectivity index (χ1) is 6.14. The van der Waals surface area contributed by atoms with E-state index in [9.17, 15) is 9.90 Å². The molecule has 0 aliphatic heterocycles. The molecule has 0 heterocycles. The smallest absolute Gasteiger partial charge is 0.165 e. The third-order valence-corrected chi connectivity index (χ3v) is 3.22. The third kappa shape index (κ3) is 1.17. The maximum atomic E-state index is 11.7. The van der Waals surface area contributed by atoms with Gasteiger partial charge in [0.1, 0.15) is 0 Å². The van der Waals surface area contributed by atoms with Crippen LogP contribution in [0.2, 0.25) is 0 Å². The highest BCUT2D eigenvalue weighted by molar-refractivity contribution is 5.98. The van der Waals surface area contributed by atoms with Crippen LogP contribution in [0.5, 0.6) is 0 Å². The van der Waals surface area contributed by atoms with Crippen molar-refractivity contribution < 1.29 is 9.90 Å². The van der Waals surface area contributed by atoms with Gasteiger partial charge in [0.05, 0.1) is 11.5 Å². The molecule has 0 radical (unpaired) electrons. The van der Waals surface area contributed by atoms with Gasteiger partial charge in [0.15, 0.2) is 5.78 Å². The molecular formula is C11H14O2. The molecule has 2 unspecified atom stereocenters. The molecule has 0 amide bonds. The van der Waals surface area contributed by atoms with E-state index in [4.69, 9.17) is 0 Å². The summed E-state index contributed by atoms with van der Waals surface area (Å²) in [5.41, 5.74) is 0.498. The van der Waals surface area contributed by atoms with Crippen LogP contribution in [0.15, 0.2) is 23.8 Å². The lowest BCUT2D eigenvalue weighted by molar-refractivity contribution is -0.123. The van der Waals surface area contributed by atoms with Crippen molar-refractivity contribution in [1.29, 1.82) is 0 Å². The molecule has 2 nitrogen and oxygen atoms in total. The first-order valence-electron chi connectivity index (χ1n) is 4.76. The average molecular weight is 178 g/mol. The van der Waals surface area contributed by atoms with Gasteiger partial charge in [-0.3, -0.25) is 4.79 Å².